The van der Waals surface area contributed by atoms with Gasteiger partial charge in [0.15, 0.2) is 0 Å². The van der Waals surface area contributed by atoms with Gasteiger partial charge < -0.3 is 0 Å². The first-order valence-corrected chi connectivity index (χ1v) is 5.80. The molecule has 0 unspecified atom stereocenters. The van der Waals surface area contributed by atoms with Gasteiger partial charge in [0, 0.05) is 4.47 Å². The summed E-state index contributed by atoms with van der Waals surface area (Å²) in [6.07, 6.45) is 0. The number of aryl methyl sites for hydroxylation is 2. The molecular weight excluding hydrogens is 248 g/mol. The normalized spacial score (nSPS) is 10.3. The first-order chi connectivity index (χ1) is 7.18. The van der Waals surface area contributed by atoms with Crippen molar-refractivity contribution in [2.45, 2.75) is 13.8 Å². The number of rotatable bonds is 1. The predicted molar refractivity (Wildman–Crippen MR) is 69.1 cm³/mol. The second-order valence-corrected chi connectivity index (χ2v) is 4.64. The molecule has 0 heterocycles. The zero-order chi connectivity index (χ0) is 10.8. The lowest BCUT2D eigenvalue weighted by Gasteiger charge is -2.08. The standard InChI is InChI=1S/C14H13Br/c1-10-8-13(14(15)9-11(10)2)12-6-4-3-5-7-12/h3-9H,1-2H3. The van der Waals surface area contributed by atoms with E-state index in [0.29, 0.717) is 0 Å². The highest BCUT2D eigenvalue weighted by Gasteiger charge is 2.04. The van der Waals surface area contributed by atoms with Gasteiger partial charge in [-0.15, -0.1) is 0 Å². The van der Waals surface area contributed by atoms with Crippen LogP contribution < -0.4 is 0 Å². The van der Waals surface area contributed by atoms with Gasteiger partial charge >= 0.3 is 0 Å². The summed E-state index contributed by atoms with van der Waals surface area (Å²) >= 11 is 3.62. The van der Waals surface area contributed by atoms with E-state index in [1.807, 2.05) is 6.07 Å². The molecule has 0 atom stereocenters. The van der Waals surface area contributed by atoms with Crippen molar-refractivity contribution in [1.29, 1.82) is 0 Å². The van der Waals surface area contributed by atoms with Crippen molar-refractivity contribution in [2.24, 2.45) is 0 Å². The minimum atomic E-state index is 1.16. The highest BCUT2D eigenvalue weighted by molar-refractivity contribution is 9.10. The molecule has 2 aromatic rings. The molecule has 0 saturated heterocycles. The molecule has 76 valence electrons. The summed E-state index contributed by atoms with van der Waals surface area (Å²) in [6.45, 7) is 4.28. The summed E-state index contributed by atoms with van der Waals surface area (Å²) in [7, 11) is 0. The molecule has 0 bridgehead atoms. The summed E-state index contributed by atoms with van der Waals surface area (Å²) in [5, 5.41) is 0. The molecule has 2 rings (SSSR count). The monoisotopic (exact) mass is 260 g/mol. The number of hydrogen-bond acceptors (Lipinski definition) is 0. The van der Waals surface area contributed by atoms with E-state index in [9.17, 15) is 0 Å². The minimum Gasteiger partial charge on any atom is -0.0622 e. The van der Waals surface area contributed by atoms with Crippen LogP contribution in [0.25, 0.3) is 11.1 Å². The fraction of sp³-hybridized carbons (Fsp3) is 0.143. The van der Waals surface area contributed by atoms with Crippen LogP contribution in [0.4, 0.5) is 0 Å². The lowest BCUT2D eigenvalue weighted by molar-refractivity contribution is 1.33. The first-order valence-electron chi connectivity index (χ1n) is 5.00. The fourth-order valence-electron chi connectivity index (χ4n) is 1.62. The SMILES string of the molecule is Cc1cc(Br)c(-c2ccccc2)cc1C. The Bertz CT molecular complexity index is 472. The molecule has 0 N–H and O–H groups in total. The van der Waals surface area contributed by atoms with Crippen molar-refractivity contribution >= 4 is 15.9 Å². The van der Waals surface area contributed by atoms with E-state index >= 15 is 0 Å². The quantitative estimate of drug-likeness (QED) is 0.696. The molecule has 0 aliphatic rings. The molecule has 0 fully saturated rings. The number of hydrogen-bond donors (Lipinski definition) is 0. The average molecular weight is 261 g/mol. The van der Waals surface area contributed by atoms with Gasteiger partial charge in [-0.1, -0.05) is 52.3 Å². The van der Waals surface area contributed by atoms with E-state index in [4.69, 9.17) is 0 Å². The lowest BCUT2D eigenvalue weighted by atomic mass is 10.0. The third-order valence-corrected chi connectivity index (χ3v) is 3.32. The highest BCUT2D eigenvalue weighted by Crippen LogP contribution is 2.30. The minimum absolute atomic E-state index is 1.16. The Labute approximate surface area is 99.1 Å². The molecule has 15 heavy (non-hydrogen) atoms. The second kappa shape index (κ2) is 4.19. The maximum Gasteiger partial charge on any atom is 0.0256 e. The van der Waals surface area contributed by atoms with Crippen LogP contribution in [-0.2, 0) is 0 Å². The van der Waals surface area contributed by atoms with E-state index in [-0.39, 0.29) is 0 Å². The third-order valence-electron chi connectivity index (χ3n) is 2.67. The number of halogens is 1. The molecule has 1 heteroatoms. The molecule has 0 aliphatic carbocycles. The average Bonchev–Trinajstić information content (AvgIpc) is 2.25. The van der Waals surface area contributed by atoms with Gasteiger partial charge in [0.1, 0.15) is 0 Å². The Hall–Kier alpha value is -1.08. The predicted octanol–water partition coefficient (Wildman–Crippen LogP) is 4.73. The second-order valence-electron chi connectivity index (χ2n) is 3.78. The Morgan fingerprint density at radius 3 is 2.13 bits per heavy atom. The Kier molecular flexibility index (Phi) is 2.92. The van der Waals surface area contributed by atoms with Crippen LogP contribution in [0.15, 0.2) is 46.9 Å². The maximum atomic E-state index is 3.62. The maximum absolute atomic E-state index is 3.62. The van der Waals surface area contributed by atoms with Gasteiger partial charge in [0.25, 0.3) is 0 Å². The van der Waals surface area contributed by atoms with Gasteiger partial charge in [-0.3, -0.25) is 0 Å². The van der Waals surface area contributed by atoms with Crippen LogP contribution >= 0.6 is 15.9 Å². The van der Waals surface area contributed by atoms with Crippen LogP contribution in [-0.4, -0.2) is 0 Å². The Balaban J connectivity index is 2.59. The highest BCUT2D eigenvalue weighted by atomic mass is 79.9. The van der Waals surface area contributed by atoms with E-state index < -0.39 is 0 Å². The molecule has 0 nitrogen and oxygen atoms in total. The molecule has 0 saturated carbocycles. The summed E-state index contributed by atoms with van der Waals surface area (Å²) in [5.41, 5.74) is 5.17. The van der Waals surface area contributed by atoms with Gasteiger partial charge in [-0.2, -0.15) is 0 Å². The molecule has 0 aromatic heterocycles. The van der Waals surface area contributed by atoms with Gasteiger partial charge in [0.2, 0.25) is 0 Å². The topological polar surface area (TPSA) is 0 Å². The van der Waals surface area contributed by atoms with E-state index in [1.54, 1.807) is 0 Å². The van der Waals surface area contributed by atoms with Crippen LogP contribution in [0.5, 0.6) is 0 Å². The summed E-state index contributed by atoms with van der Waals surface area (Å²) in [4.78, 5) is 0. The zero-order valence-electron chi connectivity index (χ0n) is 8.92. The van der Waals surface area contributed by atoms with Crippen LogP contribution in [0.3, 0.4) is 0 Å². The Morgan fingerprint density at radius 1 is 0.867 bits per heavy atom. The molecular formula is C14H13Br. The van der Waals surface area contributed by atoms with Gasteiger partial charge in [-0.05, 0) is 42.2 Å². The summed E-state index contributed by atoms with van der Waals surface area (Å²) in [5.74, 6) is 0. The molecule has 2 aromatic carbocycles. The van der Waals surface area contributed by atoms with Crippen LogP contribution in [0.2, 0.25) is 0 Å². The van der Waals surface area contributed by atoms with Gasteiger partial charge in [-0.25, -0.2) is 0 Å². The zero-order valence-corrected chi connectivity index (χ0v) is 10.5. The van der Waals surface area contributed by atoms with E-state index in [2.05, 4.69) is 66.2 Å². The lowest BCUT2D eigenvalue weighted by Crippen LogP contribution is -1.85. The summed E-state index contributed by atoms with van der Waals surface area (Å²) in [6, 6.07) is 14.8. The van der Waals surface area contributed by atoms with Crippen molar-refractivity contribution in [2.75, 3.05) is 0 Å². The molecule has 0 aliphatic heterocycles. The van der Waals surface area contributed by atoms with Gasteiger partial charge in [0.05, 0.1) is 0 Å². The molecule has 0 spiro atoms. The summed E-state index contributed by atoms with van der Waals surface area (Å²) < 4.78 is 1.16. The third kappa shape index (κ3) is 2.13. The van der Waals surface area contributed by atoms with Crippen LogP contribution in [0.1, 0.15) is 11.1 Å². The smallest absolute Gasteiger partial charge is 0.0256 e. The van der Waals surface area contributed by atoms with E-state index in [1.165, 1.54) is 22.3 Å². The Morgan fingerprint density at radius 2 is 1.47 bits per heavy atom. The fourth-order valence-corrected chi connectivity index (χ4v) is 2.31. The van der Waals surface area contributed by atoms with Crippen molar-refractivity contribution in [3.63, 3.8) is 0 Å². The van der Waals surface area contributed by atoms with Crippen molar-refractivity contribution in [3.8, 4) is 11.1 Å². The number of benzene rings is 2. The van der Waals surface area contributed by atoms with Crippen molar-refractivity contribution in [3.05, 3.63) is 58.1 Å². The van der Waals surface area contributed by atoms with Crippen LogP contribution in [0, 0.1) is 13.8 Å². The van der Waals surface area contributed by atoms with E-state index in [0.717, 1.165) is 4.47 Å². The van der Waals surface area contributed by atoms with Crippen molar-refractivity contribution in [1.82, 2.24) is 0 Å². The largest absolute Gasteiger partial charge is 0.0622 e. The van der Waals surface area contributed by atoms with Crippen molar-refractivity contribution < 1.29 is 0 Å². The molecule has 0 amide bonds. The molecule has 0 radical (unpaired) electrons. The first kappa shape index (κ1) is 10.4.